The zero-order valence-electron chi connectivity index (χ0n) is 10.1. The van der Waals surface area contributed by atoms with Gasteiger partial charge in [0.2, 0.25) is 5.95 Å². The van der Waals surface area contributed by atoms with Crippen LogP contribution < -0.4 is 10.6 Å². The van der Waals surface area contributed by atoms with E-state index in [1.807, 2.05) is 6.92 Å². The Balaban J connectivity index is 2.07. The first-order chi connectivity index (χ1) is 8.69. The second kappa shape index (κ2) is 5.72. The molecule has 2 aromatic heterocycles. The van der Waals surface area contributed by atoms with Crippen molar-refractivity contribution in [2.24, 2.45) is 0 Å². The van der Waals surface area contributed by atoms with Gasteiger partial charge < -0.3 is 10.6 Å². The Morgan fingerprint density at radius 1 is 1.17 bits per heavy atom. The normalized spacial score (nSPS) is 10.2. The highest BCUT2D eigenvalue weighted by molar-refractivity contribution is 9.10. The standard InChI is InChI=1S/C11H13BrN6/c1-7-3-15-8(4-14-7)5-16-10-9(12)6-17-11(13-2)18-10/h3-4,6H,5H2,1-2H3,(H2,13,16,17,18). The first kappa shape index (κ1) is 12.7. The van der Waals surface area contributed by atoms with E-state index in [1.165, 1.54) is 0 Å². The zero-order valence-corrected chi connectivity index (χ0v) is 11.7. The summed E-state index contributed by atoms with van der Waals surface area (Å²) < 4.78 is 0.807. The molecule has 0 spiro atoms. The van der Waals surface area contributed by atoms with Gasteiger partial charge in [0.15, 0.2) is 0 Å². The fraction of sp³-hybridized carbons (Fsp3) is 0.273. The molecule has 2 heterocycles. The van der Waals surface area contributed by atoms with Crippen molar-refractivity contribution < 1.29 is 0 Å². The molecule has 0 saturated heterocycles. The Kier molecular flexibility index (Phi) is 4.03. The fourth-order valence-corrected chi connectivity index (χ4v) is 1.63. The van der Waals surface area contributed by atoms with Gasteiger partial charge in [-0.1, -0.05) is 0 Å². The molecule has 0 aromatic carbocycles. The Morgan fingerprint density at radius 2 is 2.00 bits per heavy atom. The van der Waals surface area contributed by atoms with Crippen molar-refractivity contribution >= 4 is 27.7 Å². The third-order valence-corrected chi connectivity index (χ3v) is 2.82. The molecule has 2 aromatic rings. The van der Waals surface area contributed by atoms with Gasteiger partial charge in [-0.3, -0.25) is 9.97 Å². The molecule has 94 valence electrons. The van der Waals surface area contributed by atoms with Crippen LogP contribution in [0, 0.1) is 6.92 Å². The van der Waals surface area contributed by atoms with Crippen molar-refractivity contribution in [3.63, 3.8) is 0 Å². The minimum absolute atomic E-state index is 0.562. The summed E-state index contributed by atoms with van der Waals surface area (Å²) in [5, 5.41) is 6.07. The second-order valence-corrected chi connectivity index (χ2v) is 4.50. The fourth-order valence-electron chi connectivity index (χ4n) is 1.30. The Labute approximate surface area is 113 Å². The van der Waals surface area contributed by atoms with Gasteiger partial charge in [-0.05, 0) is 22.9 Å². The van der Waals surface area contributed by atoms with Crippen LogP contribution in [0.25, 0.3) is 0 Å². The molecule has 6 nitrogen and oxygen atoms in total. The number of aryl methyl sites for hydroxylation is 1. The highest BCUT2D eigenvalue weighted by atomic mass is 79.9. The van der Waals surface area contributed by atoms with E-state index in [0.717, 1.165) is 21.7 Å². The summed E-state index contributed by atoms with van der Waals surface area (Å²) in [7, 11) is 1.78. The molecule has 0 aliphatic carbocycles. The van der Waals surface area contributed by atoms with Gasteiger partial charge in [0.25, 0.3) is 0 Å². The van der Waals surface area contributed by atoms with Gasteiger partial charge in [-0.2, -0.15) is 4.98 Å². The van der Waals surface area contributed by atoms with Crippen molar-refractivity contribution in [3.05, 3.63) is 34.5 Å². The van der Waals surface area contributed by atoms with E-state index < -0.39 is 0 Å². The maximum atomic E-state index is 4.29. The lowest BCUT2D eigenvalue weighted by Crippen LogP contribution is -2.06. The molecule has 2 N–H and O–H groups in total. The third-order valence-electron chi connectivity index (χ3n) is 2.24. The molecule has 0 unspecified atom stereocenters. The lowest BCUT2D eigenvalue weighted by Gasteiger charge is -2.08. The number of rotatable bonds is 4. The van der Waals surface area contributed by atoms with Crippen LogP contribution in [0.5, 0.6) is 0 Å². The molecule has 0 fully saturated rings. The molecule has 0 bridgehead atoms. The van der Waals surface area contributed by atoms with Crippen LogP contribution >= 0.6 is 15.9 Å². The van der Waals surface area contributed by atoms with Crippen LogP contribution in [-0.4, -0.2) is 27.0 Å². The number of hydrogen-bond donors (Lipinski definition) is 2. The Morgan fingerprint density at radius 3 is 2.67 bits per heavy atom. The predicted octanol–water partition coefficient (Wildman–Crippen LogP) is 1.99. The van der Waals surface area contributed by atoms with Crippen LogP contribution in [0.4, 0.5) is 11.8 Å². The highest BCUT2D eigenvalue weighted by Crippen LogP contribution is 2.20. The summed E-state index contributed by atoms with van der Waals surface area (Å²) in [6, 6.07) is 0. The van der Waals surface area contributed by atoms with Gasteiger partial charge in [-0.15, -0.1) is 0 Å². The molecular formula is C11H13BrN6. The number of halogens is 1. The van der Waals surface area contributed by atoms with Crippen molar-refractivity contribution in [2.75, 3.05) is 17.7 Å². The second-order valence-electron chi connectivity index (χ2n) is 3.64. The number of aromatic nitrogens is 4. The average molecular weight is 309 g/mol. The number of anilines is 2. The molecule has 0 aliphatic heterocycles. The lowest BCUT2D eigenvalue weighted by molar-refractivity contribution is 0.971. The smallest absolute Gasteiger partial charge is 0.224 e. The van der Waals surface area contributed by atoms with Crippen LogP contribution in [0.3, 0.4) is 0 Å². The van der Waals surface area contributed by atoms with Crippen LogP contribution in [0.15, 0.2) is 23.1 Å². The Bertz CT molecular complexity index is 528. The first-order valence-electron chi connectivity index (χ1n) is 5.40. The molecule has 0 aliphatic rings. The van der Waals surface area contributed by atoms with Gasteiger partial charge in [0.1, 0.15) is 5.82 Å². The summed E-state index contributed by atoms with van der Waals surface area (Å²) in [5.74, 6) is 1.28. The molecule has 18 heavy (non-hydrogen) atoms. The van der Waals surface area contributed by atoms with E-state index >= 15 is 0 Å². The van der Waals surface area contributed by atoms with Gasteiger partial charge in [0, 0.05) is 19.4 Å². The van der Waals surface area contributed by atoms with E-state index in [4.69, 9.17) is 0 Å². The summed E-state index contributed by atoms with van der Waals surface area (Å²) in [6.45, 7) is 2.47. The number of nitrogens with zero attached hydrogens (tertiary/aromatic N) is 4. The van der Waals surface area contributed by atoms with Crippen molar-refractivity contribution in [2.45, 2.75) is 13.5 Å². The number of nitrogens with one attached hydrogen (secondary N) is 2. The van der Waals surface area contributed by atoms with Gasteiger partial charge >= 0.3 is 0 Å². The van der Waals surface area contributed by atoms with Crippen LogP contribution in [-0.2, 0) is 6.54 Å². The quantitative estimate of drug-likeness (QED) is 0.899. The molecule has 0 saturated carbocycles. The minimum atomic E-state index is 0.562. The largest absolute Gasteiger partial charge is 0.363 e. The molecule has 7 heteroatoms. The monoisotopic (exact) mass is 308 g/mol. The molecule has 0 amide bonds. The molecule has 2 rings (SSSR count). The maximum absolute atomic E-state index is 4.29. The maximum Gasteiger partial charge on any atom is 0.224 e. The SMILES string of the molecule is CNc1ncc(Br)c(NCc2cnc(C)cn2)n1. The number of hydrogen-bond acceptors (Lipinski definition) is 6. The minimum Gasteiger partial charge on any atom is -0.363 e. The zero-order chi connectivity index (χ0) is 13.0. The van der Waals surface area contributed by atoms with Gasteiger partial charge in [0.05, 0.1) is 28.6 Å². The van der Waals surface area contributed by atoms with Crippen LogP contribution in [0.2, 0.25) is 0 Å². The predicted molar refractivity (Wildman–Crippen MR) is 73.4 cm³/mol. The molecule has 0 atom stereocenters. The topological polar surface area (TPSA) is 75.6 Å². The lowest BCUT2D eigenvalue weighted by atomic mass is 10.4. The first-order valence-corrected chi connectivity index (χ1v) is 6.20. The molecular weight excluding hydrogens is 296 g/mol. The van der Waals surface area contributed by atoms with E-state index in [9.17, 15) is 0 Å². The van der Waals surface area contributed by atoms with E-state index in [1.54, 1.807) is 25.6 Å². The highest BCUT2D eigenvalue weighted by Gasteiger charge is 2.04. The van der Waals surface area contributed by atoms with Gasteiger partial charge in [-0.25, -0.2) is 4.98 Å². The van der Waals surface area contributed by atoms with E-state index in [-0.39, 0.29) is 0 Å². The molecule has 0 radical (unpaired) electrons. The third kappa shape index (κ3) is 3.13. The van der Waals surface area contributed by atoms with Crippen molar-refractivity contribution in [1.82, 2.24) is 19.9 Å². The summed E-state index contributed by atoms with van der Waals surface area (Å²) in [5.41, 5.74) is 1.76. The summed E-state index contributed by atoms with van der Waals surface area (Å²) in [4.78, 5) is 16.8. The van der Waals surface area contributed by atoms with E-state index in [0.29, 0.717) is 12.5 Å². The van der Waals surface area contributed by atoms with Crippen molar-refractivity contribution in [1.29, 1.82) is 0 Å². The van der Waals surface area contributed by atoms with Crippen molar-refractivity contribution in [3.8, 4) is 0 Å². The summed E-state index contributed by atoms with van der Waals surface area (Å²) in [6.07, 6.45) is 5.18. The Hall–Kier alpha value is -1.76. The summed E-state index contributed by atoms with van der Waals surface area (Å²) >= 11 is 3.39. The van der Waals surface area contributed by atoms with E-state index in [2.05, 4.69) is 46.5 Å². The average Bonchev–Trinajstić information content (AvgIpc) is 2.40. The van der Waals surface area contributed by atoms with Crippen LogP contribution in [0.1, 0.15) is 11.4 Å².